The molecule has 1 fully saturated rings. The number of carbonyl (C=O) groups is 4. The highest BCUT2D eigenvalue weighted by molar-refractivity contribution is 6.32. The lowest BCUT2D eigenvalue weighted by molar-refractivity contribution is -0.157. The van der Waals surface area contributed by atoms with Gasteiger partial charge in [-0.1, -0.05) is 19.3 Å². The number of anilines is 2. The van der Waals surface area contributed by atoms with Crippen molar-refractivity contribution in [2.75, 3.05) is 10.4 Å². The summed E-state index contributed by atoms with van der Waals surface area (Å²) >= 11 is 0. The maximum Gasteiger partial charge on any atom is 0.338 e. The van der Waals surface area contributed by atoms with E-state index in [4.69, 9.17) is 9.57 Å². The molecule has 0 radical (unpaired) electrons. The van der Waals surface area contributed by atoms with Crippen molar-refractivity contribution < 1.29 is 28.8 Å². The lowest BCUT2D eigenvalue weighted by Gasteiger charge is -2.23. The van der Waals surface area contributed by atoms with E-state index >= 15 is 0 Å². The normalized spacial score (nSPS) is 17.9. The summed E-state index contributed by atoms with van der Waals surface area (Å²) in [6, 6.07) is 4.65. The molecule has 0 saturated heterocycles. The number of esters is 1. The molecule has 1 aliphatic carbocycles. The fraction of sp³-hybridized carbons (Fsp3) is 0.556. The standard InChI is InChI=1S/C27H37N3O6/c1-16(35-23(32)26(2,3)4)21-19-14-13-18(29-25(34)28-17-11-9-8-10-12-17)15-20(19)30(22(21)31)36-24(33)27(5,6)7/h13-15,17H,8-12H2,1-7H3,(H2,28,29,34)/b21-16-. The number of hydrogen-bond donors (Lipinski definition) is 2. The number of nitrogens with one attached hydrogen (secondary N) is 2. The van der Waals surface area contributed by atoms with E-state index < -0.39 is 28.7 Å². The van der Waals surface area contributed by atoms with Crippen LogP contribution in [0.15, 0.2) is 24.0 Å². The van der Waals surface area contributed by atoms with Crippen LogP contribution in [-0.2, 0) is 24.0 Å². The summed E-state index contributed by atoms with van der Waals surface area (Å²) < 4.78 is 5.50. The second kappa shape index (κ2) is 10.3. The van der Waals surface area contributed by atoms with Crippen molar-refractivity contribution in [1.29, 1.82) is 0 Å². The molecule has 1 aromatic rings. The van der Waals surface area contributed by atoms with E-state index in [1.165, 1.54) is 13.3 Å². The number of fused-ring (bicyclic) bond motifs is 1. The van der Waals surface area contributed by atoms with Gasteiger partial charge in [0.2, 0.25) is 0 Å². The van der Waals surface area contributed by atoms with Gasteiger partial charge >= 0.3 is 18.0 Å². The minimum absolute atomic E-state index is 0.103. The van der Waals surface area contributed by atoms with Crippen molar-refractivity contribution in [2.45, 2.75) is 86.6 Å². The summed E-state index contributed by atoms with van der Waals surface area (Å²) in [5, 5.41) is 6.69. The molecule has 0 bridgehead atoms. The first-order valence-electron chi connectivity index (χ1n) is 12.4. The molecule has 1 heterocycles. The number of nitrogens with zero attached hydrogens (tertiary/aromatic N) is 1. The Bertz CT molecular complexity index is 1090. The van der Waals surface area contributed by atoms with Crippen LogP contribution >= 0.6 is 0 Å². The average molecular weight is 500 g/mol. The summed E-state index contributed by atoms with van der Waals surface area (Å²) in [6.07, 6.45) is 5.26. The smallest absolute Gasteiger partial charge is 0.338 e. The monoisotopic (exact) mass is 499 g/mol. The molecule has 1 saturated carbocycles. The van der Waals surface area contributed by atoms with E-state index in [1.54, 1.807) is 59.7 Å². The Morgan fingerprint density at radius 1 is 0.944 bits per heavy atom. The second-order valence-electron chi connectivity index (χ2n) is 11.5. The maximum absolute atomic E-state index is 13.4. The van der Waals surface area contributed by atoms with Crippen LogP contribution in [0.2, 0.25) is 0 Å². The van der Waals surface area contributed by atoms with Crippen LogP contribution in [0.4, 0.5) is 16.2 Å². The lowest BCUT2D eigenvalue weighted by atomic mass is 9.96. The zero-order valence-corrected chi connectivity index (χ0v) is 22.2. The maximum atomic E-state index is 13.4. The Balaban J connectivity index is 1.93. The van der Waals surface area contributed by atoms with Crippen LogP contribution in [0.5, 0.6) is 0 Å². The van der Waals surface area contributed by atoms with Gasteiger partial charge < -0.3 is 20.2 Å². The van der Waals surface area contributed by atoms with Gasteiger partial charge in [-0.05, 0) is 79.5 Å². The average Bonchev–Trinajstić information content (AvgIpc) is 3.04. The number of carbonyl (C=O) groups excluding carboxylic acids is 4. The van der Waals surface area contributed by atoms with Gasteiger partial charge in [0.15, 0.2) is 0 Å². The highest BCUT2D eigenvalue weighted by Gasteiger charge is 2.40. The molecule has 0 aromatic heterocycles. The van der Waals surface area contributed by atoms with Gasteiger partial charge in [-0.25, -0.2) is 9.59 Å². The number of urea groups is 1. The Hall–Kier alpha value is -3.36. The van der Waals surface area contributed by atoms with Crippen LogP contribution in [0.1, 0.15) is 86.1 Å². The van der Waals surface area contributed by atoms with Gasteiger partial charge in [-0.2, -0.15) is 0 Å². The molecule has 1 aromatic carbocycles. The number of rotatable bonds is 4. The van der Waals surface area contributed by atoms with Gasteiger partial charge in [0.05, 0.1) is 22.1 Å². The van der Waals surface area contributed by atoms with Crippen LogP contribution in [0, 0.1) is 10.8 Å². The molecular formula is C27H37N3O6. The van der Waals surface area contributed by atoms with Crippen molar-refractivity contribution in [3.8, 4) is 0 Å². The molecule has 0 spiro atoms. The van der Waals surface area contributed by atoms with E-state index in [0.717, 1.165) is 30.7 Å². The largest absolute Gasteiger partial charge is 0.430 e. The summed E-state index contributed by atoms with van der Waals surface area (Å²) in [5.74, 6) is -1.64. The number of benzene rings is 1. The molecule has 9 heteroatoms. The van der Waals surface area contributed by atoms with Gasteiger partial charge in [0, 0.05) is 17.3 Å². The highest BCUT2D eigenvalue weighted by Crippen LogP contribution is 2.41. The molecule has 1 aliphatic heterocycles. The van der Waals surface area contributed by atoms with E-state index in [0.29, 0.717) is 11.3 Å². The Morgan fingerprint density at radius 3 is 2.14 bits per heavy atom. The van der Waals surface area contributed by atoms with Crippen LogP contribution in [0.25, 0.3) is 5.57 Å². The fourth-order valence-corrected chi connectivity index (χ4v) is 3.91. The van der Waals surface area contributed by atoms with E-state index in [-0.39, 0.29) is 29.1 Å². The summed E-state index contributed by atoms with van der Waals surface area (Å²) in [4.78, 5) is 56.6. The number of ether oxygens (including phenoxy) is 1. The molecule has 0 atom stereocenters. The Morgan fingerprint density at radius 2 is 1.56 bits per heavy atom. The first-order chi connectivity index (χ1) is 16.7. The predicted octanol–water partition coefficient (Wildman–Crippen LogP) is 5.31. The first kappa shape index (κ1) is 27.2. The molecule has 3 amide bonds. The summed E-state index contributed by atoms with van der Waals surface area (Å²) in [5.41, 5.74) is -0.395. The van der Waals surface area contributed by atoms with Crippen molar-refractivity contribution in [3.63, 3.8) is 0 Å². The van der Waals surface area contributed by atoms with Crippen molar-refractivity contribution in [2.24, 2.45) is 10.8 Å². The number of allylic oxidation sites excluding steroid dienone is 1. The third-order valence-corrected chi connectivity index (χ3v) is 6.08. The number of amides is 3. The second-order valence-corrected chi connectivity index (χ2v) is 11.5. The molecule has 0 unspecified atom stereocenters. The number of hydroxylamine groups is 1. The molecule has 2 aliphatic rings. The minimum atomic E-state index is -0.865. The van der Waals surface area contributed by atoms with Crippen LogP contribution < -0.4 is 15.7 Å². The van der Waals surface area contributed by atoms with Gasteiger partial charge in [0.25, 0.3) is 5.91 Å². The van der Waals surface area contributed by atoms with E-state index in [9.17, 15) is 19.2 Å². The lowest BCUT2D eigenvalue weighted by Crippen LogP contribution is -2.39. The van der Waals surface area contributed by atoms with Crippen molar-refractivity contribution >= 4 is 40.8 Å². The van der Waals surface area contributed by atoms with Crippen molar-refractivity contribution in [3.05, 3.63) is 29.5 Å². The van der Waals surface area contributed by atoms with Crippen LogP contribution in [0.3, 0.4) is 0 Å². The molecular weight excluding hydrogens is 462 g/mol. The van der Waals surface area contributed by atoms with E-state index in [1.807, 2.05) is 0 Å². The SMILES string of the molecule is C/C(OC(=O)C(C)(C)C)=C1/C(=O)N(OC(=O)C(C)(C)C)c2cc(NC(=O)NC3CCCCC3)ccc21. The van der Waals surface area contributed by atoms with Crippen LogP contribution in [-0.4, -0.2) is 29.9 Å². The molecule has 2 N–H and O–H groups in total. The highest BCUT2D eigenvalue weighted by atomic mass is 16.7. The first-order valence-corrected chi connectivity index (χ1v) is 12.4. The summed E-state index contributed by atoms with van der Waals surface area (Å²) in [6.45, 7) is 11.7. The Labute approximate surface area is 212 Å². The minimum Gasteiger partial charge on any atom is -0.430 e. The molecule has 9 nitrogen and oxygen atoms in total. The van der Waals surface area contributed by atoms with Crippen molar-refractivity contribution in [1.82, 2.24) is 5.32 Å². The molecule has 3 rings (SSSR count). The number of hydrogen-bond acceptors (Lipinski definition) is 6. The van der Waals surface area contributed by atoms with Gasteiger partial charge in [0.1, 0.15) is 5.76 Å². The molecule has 196 valence electrons. The topological polar surface area (TPSA) is 114 Å². The van der Waals surface area contributed by atoms with Gasteiger partial charge in [-0.15, -0.1) is 5.06 Å². The summed E-state index contributed by atoms with van der Waals surface area (Å²) in [7, 11) is 0. The zero-order valence-electron chi connectivity index (χ0n) is 22.2. The molecule has 36 heavy (non-hydrogen) atoms. The van der Waals surface area contributed by atoms with Gasteiger partial charge in [-0.3, -0.25) is 9.59 Å². The predicted molar refractivity (Wildman–Crippen MR) is 137 cm³/mol. The zero-order chi connectivity index (χ0) is 26.8. The third kappa shape index (κ3) is 6.25. The quantitative estimate of drug-likeness (QED) is 0.330. The van der Waals surface area contributed by atoms with E-state index in [2.05, 4.69) is 10.6 Å². The fourth-order valence-electron chi connectivity index (χ4n) is 3.91. The Kier molecular flexibility index (Phi) is 7.81. The third-order valence-electron chi connectivity index (χ3n) is 6.08.